The summed E-state index contributed by atoms with van der Waals surface area (Å²) in [5.41, 5.74) is 1.57. The fourth-order valence-electron chi connectivity index (χ4n) is 2.68. The lowest BCUT2D eigenvalue weighted by atomic mass is 10.3. The molecule has 2 heterocycles. The molecular weight excluding hydrogens is 415 g/mol. The van der Waals surface area contributed by atoms with Gasteiger partial charge in [-0.2, -0.15) is 0 Å². The first-order chi connectivity index (χ1) is 13.9. The van der Waals surface area contributed by atoms with Crippen LogP contribution in [0.1, 0.15) is 5.82 Å². The van der Waals surface area contributed by atoms with Gasteiger partial charge in [0.05, 0.1) is 17.0 Å². The number of nitrogens with zero attached hydrogens (tertiary/aromatic N) is 1. The smallest absolute Gasteiger partial charge is 0.268 e. The molecule has 7 nitrogen and oxygen atoms in total. The number of nitrogens with one attached hydrogen (secondary N) is 3. The van der Waals surface area contributed by atoms with E-state index in [1.165, 1.54) is 23.5 Å². The third-order valence-corrected chi connectivity index (χ3v) is 6.38. The second-order valence-corrected chi connectivity index (χ2v) is 8.74. The Morgan fingerprint density at radius 3 is 2.41 bits per heavy atom. The highest BCUT2D eigenvalue weighted by Gasteiger charge is 2.14. The molecule has 0 saturated heterocycles. The molecule has 0 aliphatic rings. The molecule has 4 rings (SSSR count). The highest BCUT2D eigenvalue weighted by molar-refractivity contribution is 7.92. The monoisotopic (exact) mass is 430 g/mol. The molecule has 29 heavy (non-hydrogen) atoms. The molecule has 0 bridgehead atoms. The summed E-state index contributed by atoms with van der Waals surface area (Å²) in [5, 5.41) is 4.94. The van der Waals surface area contributed by atoms with Crippen molar-refractivity contribution in [2.75, 3.05) is 10.0 Å². The topological polar surface area (TPSA) is 104 Å². The maximum absolute atomic E-state index is 13.0. The van der Waals surface area contributed by atoms with Crippen LogP contribution in [0.25, 0.3) is 10.2 Å². The number of thiophene rings is 1. The van der Waals surface area contributed by atoms with Gasteiger partial charge in [-0.1, -0.05) is 0 Å². The molecule has 3 N–H and O–H groups in total. The van der Waals surface area contributed by atoms with Crippen molar-refractivity contribution in [1.82, 2.24) is 9.97 Å². The minimum Gasteiger partial charge on any atom is -0.378 e. The van der Waals surface area contributed by atoms with Crippen molar-refractivity contribution in [3.8, 4) is 0 Å². The van der Waals surface area contributed by atoms with Crippen LogP contribution in [-0.2, 0) is 16.6 Å². The molecule has 0 unspecified atom stereocenters. The molecule has 0 aliphatic heterocycles. The van der Waals surface area contributed by atoms with Crippen molar-refractivity contribution < 1.29 is 12.8 Å². The molecule has 2 aromatic carbocycles. The lowest BCUT2D eigenvalue weighted by Gasteiger charge is -2.10. The fourth-order valence-corrected chi connectivity index (χ4v) is 4.46. The Labute approximate surface area is 169 Å². The first kappa shape index (κ1) is 19.1. The normalized spacial score (nSPS) is 11.5. The number of hydrogen-bond donors (Lipinski definition) is 3. The zero-order valence-electron chi connectivity index (χ0n) is 14.8. The van der Waals surface area contributed by atoms with Crippen LogP contribution >= 0.6 is 11.3 Å². The van der Waals surface area contributed by atoms with Gasteiger partial charge in [0.2, 0.25) is 0 Å². The zero-order valence-corrected chi connectivity index (χ0v) is 16.5. The molecule has 148 valence electrons. The molecule has 2 aromatic heterocycles. The third-order valence-electron chi connectivity index (χ3n) is 4.08. The molecule has 0 spiro atoms. The minimum absolute atomic E-state index is 0.0278. The fraction of sp³-hybridized carbons (Fsp3) is 0.0526. The van der Waals surface area contributed by atoms with E-state index in [9.17, 15) is 17.6 Å². The van der Waals surface area contributed by atoms with Crippen molar-refractivity contribution in [3.05, 3.63) is 82.0 Å². The predicted molar refractivity (Wildman–Crippen MR) is 111 cm³/mol. The van der Waals surface area contributed by atoms with Crippen LogP contribution in [0.3, 0.4) is 0 Å². The summed E-state index contributed by atoms with van der Waals surface area (Å²) in [4.78, 5) is 19.1. The summed E-state index contributed by atoms with van der Waals surface area (Å²) in [7, 11) is -3.80. The Bertz CT molecular complexity index is 1310. The molecular formula is C19H15FN4O3S2. The van der Waals surface area contributed by atoms with E-state index in [0.29, 0.717) is 28.3 Å². The summed E-state index contributed by atoms with van der Waals surface area (Å²) in [6.45, 7) is 0.307. The Balaban J connectivity index is 1.43. The number of H-pyrrole nitrogens is 1. The van der Waals surface area contributed by atoms with Gasteiger partial charge in [0.1, 0.15) is 16.3 Å². The Kier molecular flexibility index (Phi) is 5.03. The predicted octanol–water partition coefficient (Wildman–Crippen LogP) is 3.54. The van der Waals surface area contributed by atoms with Gasteiger partial charge in [-0.3, -0.25) is 9.52 Å². The van der Waals surface area contributed by atoms with Crippen LogP contribution in [-0.4, -0.2) is 18.4 Å². The summed E-state index contributed by atoms with van der Waals surface area (Å²) < 4.78 is 40.7. The van der Waals surface area contributed by atoms with Gasteiger partial charge >= 0.3 is 0 Å². The van der Waals surface area contributed by atoms with Gasteiger partial charge in [-0.15, -0.1) is 11.3 Å². The Morgan fingerprint density at radius 2 is 1.69 bits per heavy atom. The first-order valence-electron chi connectivity index (χ1n) is 8.49. The number of halogens is 1. The number of aromatic amines is 1. The molecule has 4 aromatic rings. The van der Waals surface area contributed by atoms with Crippen molar-refractivity contribution in [1.29, 1.82) is 0 Å². The van der Waals surface area contributed by atoms with Crippen molar-refractivity contribution in [2.45, 2.75) is 11.4 Å². The first-order valence-corrected chi connectivity index (χ1v) is 10.9. The molecule has 0 radical (unpaired) electrons. The van der Waals surface area contributed by atoms with Gasteiger partial charge in [0, 0.05) is 11.4 Å². The van der Waals surface area contributed by atoms with Crippen LogP contribution in [0.15, 0.2) is 69.7 Å². The van der Waals surface area contributed by atoms with Crippen LogP contribution in [0.2, 0.25) is 0 Å². The molecule has 10 heteroatoms. The highest BCUT2D eigenvalue weighted by atomic mass is 32.2. The summed E-state index contributed by atoms with van der Waals surface area (Å²) in [5.74, 6) is -0.00431. The molecule has 0 fully saturated rings. The Hall–Kier alpha value is -3.24. The molecule has 0 amide bonds. The van der Waals surface area contributed by atoms with Crippen molar-refractivity contribution in [2.24, 2.45) is 0 Å². The molecule has 0 atom stereocenters. The lowest BCUT2D eigenvalue weighted by Crippen LogP contribution is -2.14. The summed E-state index contributed by atoms with van der Waals surface area (Å²) in [6, 6.07) is 13.0. The van der Waals surface area contributed by atoms with Crippen molar-refractivity contribution in [3.63, 3.8) is 0 Å². The van der Waals surface area contributed by atoms with E-state index in [-0.39, 0.29) is 10.5 Å². The van der Waals surface area contributed by atoms with Gasteiger partial charge in [0.25, 0.3) is 15.6 Å². The number of fused-ring (bicyclic) bond motifs is 1. The van der Waals surface area contributed by atoms with Gasteiger partial charge in [-0.05, 0) is 60.0 Å². The van der Waals surface area contributed by atoms with Crippen LogP contribution in [0.4, 0.5) is 15.8 Å². The van der Waals surface area contributed by atoms with Crippen molar-refractivity contribution >= 4 is 43.0 Å². The second kappa shape index (κ2) is 7.64. The zero-order chi connectivity index (χ0) is 20.4. The standard InChI is InChI=1S/C19H15FN4O3S2/c20-12-1-7-15(8-2-12)29(26,27)24-14-5-3-13(4-6-14)21-11-17-22-16-9-10-28-18(16)19(25)23-17/h1-10,21,24H,11H2,(H,22,23,25). The highest BCUT2D eigenvalue weighted by Crippen LogP contribution is 2.19. The number of anilines is 2. The quantitative estimate of drug-likeness (QED) is 0.434. The van der Waals surface area contributed by atoms with E-state index in [2.05, 4.69) is 20.0 Å². The molecule has 0 aliphatic carbocycles. The van der Waals surface area contributed by atoms with Crippen LogP contribution in [0, 0.1) is 5.82 Å². The number of rotatable bonds is 6. The average molecular weight is 430 g/mol. The SMILES string of the molecule is O=c1[nH]c(CNc2ccc(NS(=O)(=O)c3ccc(F)cc3)cc2)nc2ccsc12. The van der Waals surface area contributed by atoms with E-state index in [4.69, 9.17) is 0 Å². The van der Waals surface area contributed by atoms with E-state index < -0.39 is 15.8 Å². The van der Waals surface area contributed by atoms with Gasteiger partial charge in [0.15, 0.2) is 0 Å². The maximum Gasteiger partial charge on any atom is 0.268 e. The maximum atomic E-state index is 13.0. The summed E-state index contributed by atoms with van der Waals surface area (Å²) in [6.07, 6.45) is 0. The second-order valence-electron chi connectivity index (χ2n) is 6.14. The number of benzene rings is 2. The largest absolute Gasteiger partial charge is 0.378 e. The minimum atomic E-state index is -3.80. The van der Waals surface area contributed by atoms with Crippen LogP contribution in [0.5, 0.6) is 0 Å². The number of aromatic nitrogens is 2. The Morgan fingerprint density at radius 1 is 1.00 bits per heavy atom. The summed E-state index contributed by atoms with van der Waals surface area (Å²) >= 11 is 1.34. The van der Waals surface area contributed by atoms with E-state index in [1.54, 1.807) is 30.3 Å². The van der Waals surface area contributed by atoms with Crippen LogP contribution < -0.4 is 15.6 Å². The van der Waals surface area contributed by atoms with Gasteiger partial charge in [-0.25, -0.2) is 17.8 Å². The van der Waals surface area contributed by atoms with E-state index in [0.717, 1.165) is 17.8 Å². The van der Waals surface area contributed by atoms with Gasteiger partial charge < -0.3 is 10.3 Å². The molecule has 0 saturated carbocycles. The van der Waals surface area contributed by atoms with E-state index in [1.807, 2.05) is 5.38 Å². The van der Waals surface area contributed by atoms with E-state index >= 15 is 0 Å². The third kappa shape index (κ3) is 4.28. The number of hydrogen-bond acceptors (Lipinski definition) is 6. The average Bonchev–Trinajstić information content (AvgIpc) is 3.17. The lowest BCUT2D eigenvalue weighted by molar-refractivity contribution is 0.599. The number of sulfonamides is 1.